The minimum atomic E-state index is 0.803. The van der Waals surface area contributed by atoms with Crippen LogP contribution in [-0.4, -0.2) is 19.2 Å². The van der Waals surface area contributed by atoms with Crippen molar-refractivity contribution in [3.05, 3.63) is 48.2 Å². The Morgan fingerprint density at radius 2 is 1.83 bits per heavy atom. The molecule has 0 unspecified atom stereocenters. The van der Waals surface area contributed by atoms with Gasteiger partial charge in [0.1, 0.15) is 11.5 Å². The van der Waals surface area contributed by atoms with Crippen molar-refractivity contribution in [1.29, 1.82) is 0 Å². The molecule has 3 rings (SSSR count). The van der Waals surface area contributed by atoms with Gasteiger partial charge in [-0.2, -0.15) is 0 Å². The van der Waals surface area contributed by atoms with Crippen LogP contribution in [0.2, 0.25) is 0 Å². The van der Waals surface area contributed by atoms with Crippen molar-refractivity contribution in [3.63, 3.8) is 0 Å². The van der Waals surface area contributed by atoms with Crippen molar-refractivity contribution < 1.29 is 9.47 Å². The Balaban J connectivity index is 0.000000595. The maximum absolute atomic E-state index is 5.50. The third-order valence-electron chi connectivity index (χ3n) is 3.49. The molecule has 3 nitrogen and oxygen atoms in total. The smallest absolute Gasteiger partial charge is 0.130 e. The van der Waals surface area contributed by atoms with E-state index in [1.807, 2.05) is 24.3 Å². The Morgan fingerprint density at radius 1 is 1.04 bits per heavy atom. The molecule has 1 aliphatic carbocycles. The van der Waals surface area contributed by atoms with Gasteiger partial charge in [-0.15, -0.1) is 0 Å². The van der Waals surface area contributed by atoms with E-state index in [1.54, 1.807) is 14.2 Å². The van der Waals surface area contributed by atoms with Crippen molar-refractivity contribution in [3.8, 4) is 11.5 Å². The van der Waals surface area contributed by atoms with Gasteiger partial charge in [0.2, 0.25) is 0 Å². The van der Waals surface area contributed by atoms with Crippen LogP contribution in [0.15, 0.2) is 42.5 Å². The van der Waals surface area contributed by atoms with Gasteiger partial charge in [-0.3, -0.25) is 0 Å². The van der Waals surface area contributed by atoms with Crippen LogP contribution in [0.3, 0.4) is 0 Å². The van der Waals surface area contributed by atoms with Gasteiger partial charge < -0.3 is 9.47 Å². The summed E-state index contributed by atoms with van der Waals surface area (Å²) < 4.78 is 10.8. The third-order valence-corrected chi connectivity index (χ3v) is 3.49. The van der Waals surface area contributed by atoms with Crippen LogP contribution >= 0.6 is 0 Å². The molecule has 0 atom stereocenters. The summed E-state index contributed by atoms with van der Waals surface area (Å²) in [4.78, 5) is 4.74. The number of rotatable bonds is 3. The highest BCUT2D eigenvalue weighted by molar-refractivity contribution is 5.89. The summed E-state index contributed by atoms with van der Waals surface area (Å²) >= 11 is 0. The van der Waals surface area contributed by atoms with E-state index in [9.17, 15) is 0 Å². The lowest BCUT2D eigenvalue weighted by atomic mass is 10.0. The van der Waals surface area contributed by atoms with E-state index >= 15 is 0 Å². The topological polar surface area (TPSA) is 31.4 Å². The maximum atomic E-state index is 5.50. The Hall–Kier alpha value is -2.29. The van der Waals surface area contributed by atoms with E-state index in [0.29, 0.717) is 0 Å². The predicted molar refractivity (Wildman–Crippen MR) is 97.2 cm³/mol. The second-order valence-corrected chi connectivity index (χ2v) is 5.44. The second-order valence-electron chi connectivity index (χ2n) is 5.44. The van der Waals surface area contributed by atoms with Gasteiger partial charge >= 0.3 is 0 Å². The predicted octanol–water partition coefficient (Wildman–Crippen LogP) is 5.40. The molecule has 0 amide bonds. The summed E-state index contributed by atoms with van der Waals surface area (Å²) in [7, 11) is 3.35. The summed E-state index contributed by atoms with van der Waals surface area (Å²) in [6.07, 6.45) is 9.93. The molecule has 0 fully saturated rings. The SMILES string of the molecule is CCC.COc1ccc2c(OC)cc(C3=CCCC=C3)nc2c1. The Morgan fingerprint density at radius 3 is 2.43 bits per heavy atom. The fourth-order valence-corrected chi connectivity index (χ4v) is 2.42. The van der Waals surface area contributed by atoms with Gasteiger partial charge in [0.15, 0.2) is 0 Å². The number of methoxy groups -OCH3 is 2. The zero-order chi connectivity index (χ0) is 16.7. The van der Waals surface area contributed by atoms with Gasteiger partial charge in [-0.25, -0.2) is 4.98 Å². The largest absolute Gasteiger partial charge is 0.497 e. The molecule has 1 aromatic heterocycles. The number of benzene rings is 1. The lowest BCUT2D eigenvalue weighted by Gasteiger charge is -2.12. The van der Waals surface area contributed by atoms with Crippen molar-refractivity contribution in [2.75, 3.05) is 14.2 Å². The number of pyridine rings is 1. The average Bonchev–Trinajstić information content (AvgIpc) is 2.61. The van der Waals surface area contributed by atoms with E-state index in [1.165, 1.54) is 6.42 Å². The van der Waals surface area contributed by atoms with Crippen LogP contribution < -0.4 is 9.47 Å². The molecule has 122 valence electrons. The molecule has 0 aliphatic heterocycles. The molecule has 3 heteroatoms. The highest BCUT2D eigenvalue weighted by atomic mass is 16.5. The summed E-state index contributed by atoms with van der Waals surface area (Å²) in [6, 6.07) is 7.84. The number of nitrogens with zero attached hydrogens (tertiary/aromatic N) is 1. The number of allylic oxidation sites excluding steroid dienone is 4. The van der Waals surface area contributed by atoms with E-state index in [2.05, 4.69) is 32.1 Å². The minimum Gasteiger partial charge on any atom is -0.497 e. The zero-order valence-electron chi connectivity index (χ0n) is 14.4. The highest BCUT2D eigenvalue weighted by Gasteiger charge is 2.10. The lowest BCUT2D eigenvalue weighted by molar-refractivity contribution is 0.414. The molecule has 1 heterocycles. The molecule has 0 bridgehead atoms. The normalized spacial score (nSPS) is 13.1. The highest BCUT2D eigenvalue weighted by Crippen LogP contribution is 2.31. The Bertz CT molecular complexity index is 717. The molecule has 0 saturated carbocycles. The lowest BCUT2D eigenvalue weighted by Crippen LogP contribution is -1.95. The molecular weight excluding hydrogens is 286 g/mol. The standard InChI is InChI=1S/C17H17NO2.C3H8/c1-19-13-8-9-14-16(10-13)18-15(11-17(14)20-2)12-6-4-3-5-7-12;1-3-2/h4,6-11H,3,5H2,1-2H3;3H2,1-2H3. The second kappa shape index (κ2) is 8.37. The molecule has 23 heavy (non-hydrogen) atoms. The quantitative estimate of drug-likeness (QED) is 0.760. The fourth-order valence-electron chi connectivity index (χ4n) is 2.42. The molecular formula is C20H25NO2. The van der Waals surface area contributed by atoms with Gasteiger partial charge in [0.25, 0.3) is 0 Å². The Labute approximate surface area is 138 Å². The summed E-state index contributed by atoms with van der Waals surface area (Å²) in [5.74, 6) is 1.64. The van der Waals surface area contributed by atoms with Crippen molar-refractivity contribution >= 4 is 16.5 Å². The van der Waals surface area contributed by atoms with E-state index in [4.69, 9.17) is 14.5 Å². The Kier molecular flexibility index (Phi) is 6.21. The summed E-state index contributed by atoms with van der Waals surface area (Å²) in [5.41, 5.74) is 2.98. The van der Waals surface area contributed by atoms with Gasteiger partial charge in [0, 0.05) is 17.5 Å². The first-order valence-electron chi connectivity index (χ1n) is 8.13. The minimum absolute atomic E-state index is 0.803. The van der Waals surface area contributed by atoms with Gasteiger partial charge in [0.05, 0.1) is 25.4 Å². The monoisotopic (exact) mass is 311 g/mol. The van der Waals surface area contributed by atoms with Crippen molar-refractivity contribution in [2.24, 2.45) is 0 Å². The average molecular weight is 311 g/mol. The first-order valence-corrected chi connectivity index (χ1v) is 8.13. The van der Waals surface area contributed by atoms with Crippen LogP contribution in [0, 0.1) is 0 Å². The van der Waals surface area contributed by atoms with Crippen molar-refractivity contribution in [1.82, 2.24) is 4.98 Å². The van der Waals surface area contributed by atoms with Crippen molar-refractivity contribution in [2.45, 2.75) is 33.1 Å². The van der Waals surface area contributed by atoms with Crippen LogP contribution in [0.4, 0.5) is 0 Å². The van der Waals surface area contributed by atoms with Gasteiger partial charge in [-0.1, -0.05) is 38.5 Å². The molecule has 1 aromatic carbocycles. The maximum Gasteiger partial charge on any atom is 0.130 e. The summed E-state index contributed by atoms with van der Waals surface area (Å²) in [5, 5.41) is 0.998. The number of ether oxygens (including phenoxy) is 2. The van der Waals surface area contributed by atoms with E-state index in [-0.39, 0.29) is 0 Å². The zero-order valence-corrected chi connectivity index (χ0v) is 14.4. The van der Waals surface area contributed by atoms with Crippen LogP contribution in [0.25, 0.3) is 16.5 Å². The fraction of sp³-hybridized carbons (Fsp3) is 0.350. The van der Waals surface area contributed by atoms with E-state index in [0.717, 1.165) is 46.5 Å². The molecule has 0 N–H and O–H groups in total. The number of fused-ring (bicyclic) bond motifs is 1. The number of hydrogen-bond donors (Lipinski definition) is 0. The number of hydrogen-bond acceptors (Lipinski definition) is 3. The van der Waals surface area contributed by atoms with E-state index < -0.39 is 0 Å². The third kappa shape index (κ3) is 4.13. The first kappa shape index (κ1) is 17.1. The molecule has 0 radical (unpaired) electrons. The number of aromatic nitrogens is 1. The van der Waals surface area contributed by atoms with Gasteiger partial charge in [-0.05, 0) is 30.5 Å². The summed E-state index contributed by atoms with van der Waals surface area (Å²) in [6.45, 7) is 4.25. The van der Waals surface area contributed by atoms with Crippen LogP contribution in [0.5, 0.6) is 11.5 Å². The molecule has 2 aromatic rings. The van der Waals surface area contributed by atoms with Crippen LogP contribution in [-0.2, 0) is 0 Å². The molecule has 0 saturated heterocycles. The molecule has 1 aliphatic rings. The molecule has 0 spiro atoms. The first-order chi connectivity index (χ1) is 11.2. The van der Waals surface area contributed by atoms with Crippen LogP contribution in [0.1, 0.15) is 38.8 Å².